The highest BCUT2D eigenvalue weighted by atomic mass is 79.9. The van der Waals surface area contributed by atoms with Gasteiger partial charge in [0.25, 0.3) is 0 Å². The zero-order valence-electron chi connectivity index (χ0n) is 9.51. The Hall–Kier alpha value is -0.0700. The monoisotopic (exact) mass is 388 g/mol. The smallest absolute Gasteiger partial charge is 0.372 e. The summed E-state index contributed by atoms with van der Waals surface area (Å²) in [5, 5.41) is 0.693. The Morgan fingerprint density at radius 2 is 2.00 bits per heavy atom. The SMILES string of the molecule is FC(F)(F)COCCC(CBr)c1cccc(Br)c1. The van der Waals surface area contributed by atoms with Gasteiger partial charge in [0.15, 0.2) is 0 Å². The van der Waals surface area contributed by atoms with Crippen LogP contribution < -0.4 is 0 Å². The second-order valence-corrected chi connectivity index (χ2v) is 5.43. The first-order valence-corrected chi connectivity index (χ1v) is 7.30. The van der Waals surface area contributed by atoms with Gasteiger partial charge in [0.05, 0.1) is 0 Å². The average molecular weight is 390 g/mol. The van der Waals surface area contributed by atoms with E-state index in [1.165, 1.54) is 0 Å². The Morgan fingerprint density at radius 1 is 1.28 bits per heavy atom. The predicted molar refractivity (Wildman–Crippen MR) is 72.2 cm³/mol. The lowest BCUT2D eigenvalue weighted by atomic mass is 9.98. The molecule has 6 heteroatoms. The van der Waals surface area contributed by atoms with Gasteiger partial charge in [-0.25, -0.2) is 0 Å². The highest BCUT2D eigenvalue weighted by molar-refractivity contribution is 9.10. The van der Waals surface area contributed by atoms with Crippen LogP contribution in [-0.2, 0) is 4.74 Å². The van der Waals surface area contributed by atoms with Gasteiger partial charge in [-0.2, -0.15) is 13.2 Å². The molecule has 102 valence electrons. The van der Waals surface area contributed by atoms with Gasteiger partial charge in [-0.15, -0.1) is 0 Å². The van der Waals surface area contributed by atoms with E-state index in [0.29, 0.717) is 11.8 Å². The van der Waals surface area contributed by atoms with E-state index in [4.69, 9.17) is 0 Å². The molecule has 1 unspecified atom stereocenters. The molecule has 1 rings (SSSR count). The van der Waals surface area contributed by atoms with E-state index in [1.807, 2.05) is 24.3 Å². The minimum atomic E-state index is -4.25. The van der Waals surface area contributed by atoms with Crippen LogP contribution in [0.4, 0.5) is 13.2 Å². The van der Waals surface area contributed by atoms with Crippen molar-refractivity contribution in [3.8, 4) is 0 Å². The highest BCUT2D eigenvalue weighted by Crippen LogP contribution is 2.25. The summed E-state index contributed by atoms with van der Waals surface area (Å²) in [6, 6.07) is 7.75. The molecule has 0 saturated carbocycles. The van der Waals surface area contributed by atoms with Crippen molar-refractivity contribution in [3.63, 3.8) is 0 Å². The number of benzene rings is 1. The number of alkyl halides is 4. The molecule has 0 N–H and O–H groups in total. The topological polar surface area (TPSA) is 9.23 Å². The van der Waals surface area contributed by atoms with Gasteiger partial charge in [0, 0.05) is 16.4 Å². The van der Waals surface area contributed by atoms with Crippen LogP contribution in [0.1, 0.15) is 17.9 Å². The van der Waals surface area contributed by atoms with Crippen LogP contribution in [0.15, 0.2) is 28.7 Å². The lowest BCUT2D eigenvalue weighted by Crippen LogP contribution is -2.18. The van der Waals surface area contributed by atoms with Crippen LogP contribution in [0, 0.1) is 0 Å². The van der Waals surface area contributed by atoms with Crippen molar-refractivity contribution in [1.29, 1.82) is 0 Å². The standard InChI is InChI=1S/C12H13Br2F3O/c13-7-10(4-5-18-8-12(15,16)17)9-2-1-3-11(14)6-9/h1-3,6,10H,4-5,7-8H2. The molecule has 0 radical (unpaired) electrons. The minimum absolute atomic E-state index is 0.0995. The lowest BCUT2D eigenvalue weighted by Gasteiger charge is -2.15. The second kappa shape index (κ2) is 7.50. The van der Waals surface area contributed by atoms with Crippen molar-refractivity contribution < 1.29 is 17.9 Å². The number of hydrogen-bond acceptors (Lipinski definition) is 1. The normalized spacial score (nSPS) is 13.6. The molecule has 0 aliphatic carbocycles. The molecular weight excluding hydrogens is 377 g/mol. The third-order valence-corrected chi connectivity index (χ3v) is 3.66. The van der Waals surface area contributed by atoms with Crippen molar-refractivity contribution in [2.45, 2.75) is 18.5 Å². The van der Waals surface area contributed by atoms with Crippen LogP contribution in [0.2, 0.25) is 0 Å². The molecule has 18 heavy (non-hydrogen) atoms. The highest BCUT2D eigenvalue weighted by Gasteiger charge is 2.27. The largest absolute Gasteiger partial charge is 0.411 e. The molecule has 0 bridgehead atoms. The molecule has 0 spiro atoms. The Morgan fingerprint density at radius 3 is 2.56 bits per heavy atom. The van der Waals surface area contributed by atoms with Gasteiger partial charge < -0.3 is 4.74 Å². The molecule has 0 fully saturated rings. The maximum absolute atomic E-state index is 11.9. The summed E-state index contributed by atoms with van der Waals surface area (Å²) < 4.78 is 41.3. The Balaban J connectivity index is 2.43. The maximum Gasteiger partial charge on any atom is 0.411 e. The van der Waals surface area contributed by atoms with Crippen LogP contribution in [0.5, 0.6) is 0 Å². The fourth-order valence-corrected chi connectivity index (χ4v) is 2.62. The van der Waals surface area contributed by atoms with E-state index in [0.717, 1.165) is 10.0 Å². The summed E-state index contributed by atoms with van der Waals surface area (Å²) in [7, 11) is 0. The van der Waals surface area contributed by atoms with E-state index in [1.54, 1.807) is 0 Å². The number of ether oxygens (including phenoxy) is 1. The van der Waals surface area contributed by atoms with Crippen molar-refractivity contribution in [3.05, 3.63) is 34.3 Å². The predicted octanol–water partition coefficient (Wildman–Crippen LogP) is 4.90. The zero-order chi connectivity index (χ0) is 13.6. The zero-order valence-corrected chi connectivity index (χ0v) is 12.7. The maximum atomic E-state index is 11.9. The van der Waals surface area contributed by atoms with E-state index in [2.05, 4.69) is 36.6 Å². The quantitative estimate of drug-likeness (QED) is 0.496. The summed E-state index contributed by atoms with van der Waals surface area (Å²) in [4.78, 5) is 0. The first-order chi connectivity index (χ1) is 8.42. The molecule has 0 aliphatic rings. The number of hydrogen-bond donors (Lipinski definition) is 0. The Kier molecular flexibility index (Phi) is 6.66. The van der Waals surface area contributed by atoms with Crippen LogP contribution >= 0.6 is 31.9 Å². The summed E-state index contributed by atoms with van der Waals surface area (Å²) in [5.74, 6) is 0.149. The molecule has 0 aromatic heterocycles. The summed E-state index contributed by atoms with van der Waals surface area (Å²) in [6.07, 6.45) is -3.70. The summed E-state index contributed by atoms with van der Waals surface area (Å²) >= 11 is 6.75. The van der Waals surface area contributed by atoms with Gasteiger partial charge in [0.2, 0.25) is 0 Å². The molecule has 0 aliphatic heterocycles. The average Bonchev–Trinajstić information content (AvgIpc) is 2.27. The molecule has 0 saturated heterocycles. The lowest BCUT2D eigenvalue weighted by molar-refractivity contribution is -0.174. The molecule has 0 heterocycles. The molecular formula is C12H13Br2F3O. The Labute approximate surface area is 121 Å². The van der Waals surface area contributed by atoms with Crippen LogP contribution in [-0.4, -0.2) is 24.7 Å². The molecule has 0 amide bonds. The number of rotatable bonds is 6. The van der Waals surface area contributed by atoms with Gasteiger partial charge in [-0.05, 0) is 30.0 Å². The Bertz CT molecular complexity index is 369. The fourth-order valence-electron chi connectivity index (χ4n) is 1.51. The van der Waals surface area contributed by atoms with E-state index >= 15 is 0 Å². The van der Waals surface area contributed by atoms with Crippen LogP contribution in [0.3, 0.4) is 0 Å². The fraction of sp³-hybridized carbons (Fsp3) is 0.500. The minimum Gasteiger partial charge on any atom is -0.372 e. The molecule has 1 atom stereocenters. The van der Waals surface area contributed by atoms with E-state index in [9.17, 15) is 13.2 Å². The van der Waals surface area contributed by atoms with Crippen LogP contribution in [0.25, 0.3) is 0 Å². The third-order valence-electron chi connectivity index (χ3n) is 2.38. The van der Waals surface area contributed by atoms with Crippen molar-refractivity contribution in [1.82, 2.24) is 0 Å². The van der Waals surface area contributed by atoms with Gasteiger partial charge in [-0.3, -0.25) is 0 Å². The third kappa shape index (κ3) is 6.20. The molecule has 1 aromatic carbocycles. The summed E-state index contributed by atoms with van der Waals surface area (Å²) in [5.41, 5.74) is 1.08. The second-order valence-electron chi connectivity index (χ2n) is 3.86. The van der Waals surface area contributed by atoms with Crippen molar-refractivity contribution in [2.24, 2.45) is 0 Å². The van der Waals surface area contributed by atoms with E-state index in [-0.39, 0.29) is 12.5 Å². The van der Waals surface area contributed by atoms with Gasteiger partial charge in [-0.1, -0.05) is 44.0 Å². The molecule has 1 aromatic rings. The van der Waals surface area contributed by atoms with Crippen molar-refractivity contribution >= 4 is 31.9 Å². The number of halogens is 5. The first kappa shape index (κ1) is 16.0. The first-order valence-electron chi connectivity index (χ1n) is 5.38. The van der Waals surface area contributed by atoms with Crippen molar-refractivity contribution in [2.75, 3.05) is 18.5 Å². The van der Waals surface area contributed by atoms with E-state index < -0.39 is 12.8 Å². The molecule has 1 nitrogen and oxygen atoms in total. The van der Waals surface area contributed by atoms with Gasteiger partial charge in [0.1, 0.15) is 6.61 Å². The van der Waals surface area contributed by atoms with Gasteiger partial charge >= 0.3 is 6.18 Å². The summed E-state index contributed by atoms with van der Waals surface area (Å²) in [6.45, 7) is -1.08.